The fourth-order valence-electron chi connectivity index (χ4n) is 1.08. The van der Waals surface area contributed by atoms with Crippen LogP contribution in [0.4, 0.5) is 5.69 Å². The summed E-state index contributed by atoms with van der Waals surface area (Å²) in [5.74, 6) is 0. The molecule has 0 N–H and O–H groups in total. The van der Waals surface area contributed by atoms with E-state index in [0.717, 1.165) is 5.69 Å². The minimum atomic E-state index is -0.435. The number of aromatic nitrogens is 3. The second-order valence-corrected chi connectivity index (χ2v) is 2.64. The quantitative estimate of drug-likeness (QED) is 0.458. The standard InChI is InChI=1S/C8H6N4O2.Cu/c13-12(14)8-3-1-7(2-4-8)11-5-9-10-6-11;/h1-6H;. The Labute approximate surface area is 95.6 Å². The molecule has 0 aliphatic heterocycles. The van der Waals surface area contributed by atoms with E-state index in [1.807, 2.05) is 0 Å². The molecule has 1 aromatic heterocycles. The minimum absolute atomic E-state index is 0. The van der Waals surface area contributed by atoms with E-state index in [4.69, 9.17) is 0 Å². The van der Waals surface area contributed by atoms with E-state index in [1.54, 1.807) is 16.7 Å². The topological polar surface area (TPSA) is 73.8 Å². The molecule has 0 fully saturated rings. The van der Waals surface area contributed by atoms with Crippen LogP contribution in [0.2, 0.25) is 0 Å². The van der Waals surface area contributed by atoms with Gasteiger partial charge in [0, 0.05) is 34.9 Å². The summed E-state index contributed by atoms with van der Waals surface area (Å²) in [5.41, 5.74) is 0.863. The number of nitro benzene ring substituents is 1. The Bertz CT molecular complexity index is 440. The first-order chi connectivity index (χ1) is 6.77. The van der Waals surface area contributed by atoms with Crippen molar-refractivity contribution in [3.05, 3.63) is 47.0 Å². The summed E-state index contributed by atoms with van der Waals surface area (Å²) in [6, 6.07) is 6.16. The summed E-state index contributed by atoms with van der Waals surface area (Å²) in [5, 5.41) is 17.6. The number of hydrogen-bond donors (Lipinski definition) is 0. The maximum atomic E-state index is 10.4. The van der Waals surface area contributed by atoms with Crippen LogP contribution in [0.15, 0.2) is 36.9 Å². The summed E-state index contributed by atoms with van der Waals surface area (Å²) in [6.07, 6.45) is 3.06. The number of nitrogens with zero attached hydrogens (tertiary/aromatic N) is 4. The molecule has 0 spiro atoms. The van der Waals surface area contributed by atoms with Crippen molar-refractivity contribution in [3.63, 3.8) is 0 Å². The van der Waals surface area contributed by atoms with Crippen LogP contribution in [0, 0.1) is 10.1 Å². The summed E-state index contributed by atoms with van der Waals surface area (Å²) < 4.78 is 1.67. The summed E-state index contributed by atoms with van der Waals surface area (Å²) >= 11 is 0. The fraction of sp³-hybridized carbons (Fsp3) is 0. The Hall–Kier alpha value is -1.72. The third-order valence-electron chi connectivity index (χ3n) is 1.78. The molecule has 0 saturated carbocycles. The van der Waals surface area contributed by atoms with Crippen LogP contribution in [0.25, 0.3) is 5.69 Å². The van der Waals surface area contributed by atoms with Crippen molar-refractivity contribution in [2.24, 2.45) is 0 Å². The van der Waals surface area contributed by atoms with E-state index < -0.39 is 4.92 Å². The average Bonchev–Trinajstić information content (AvgIpc) is 2.71. The van der Waals surface area contributed by atoms with Gasteiger partial charge in [-0.3, -0.25) is 14.7 Å². The molecular weight excluding hydrogens is 248 g/mol. The van der Waals surface area contributed by atoms with Gasteiger partial charge in [-0.15, -0.1) is 10.2 Å². The molecule has 15 heavy (non-hydrogen) atoms. The molecule has 1 heterocycles. The Morgan fingerprint density at radius 3 is 2.13 bits per heavy atom. The molecule has 6 nitrogen and oxygen atoms in total. The van der Waals surface area contributed by atoms with Crippen molar-refractivity contribution in [3.8, 4) is 5.69 Å². The van der Waals surface area contributed by atoms with Crippen LogP contribution >= 0.6 is 0 Å². The molecule has 1 aromatic carbocycles. The Morgan fingerprint density at radius 2 is 1.67 bits per heavy atom. The van der Waals surface area contributed by atoms with E-state index in [2.05, 4.69) is 10.2 Å². The zero-order valence-corrected chi connectivity index (χ0v) is 8.31. The first-order valence-corrected chi connectivity index (χ1v) is 3.87. The molecule has 2 rings (SSSR count). The van der Waals surface area contributed by atoms with Crippen LogP contribution in [0.1, 0.15) is 0 Å². The van der Waals surface area contributed by atoms with Crippen LogP contribution < -0.4 is 0 Å². The fourth-order valence-corrected chi connectivity index (χ4v) is 1.08. The smallest absolute Gasteiger partial charge is 0.269 e. The molecule has 0 atom stereocenters. The number of rotatable bonds is 2. The van der Waals surface area contributed by atoms with Gasteiger partial charge < -0.3 is 0 Å². The zero-order valence-electron chi connectivity index (χ0n) is 7.37. The van der Waals surface area contributed by atoms with Crippen LogP contribution in [0.3, 0.4) is 0 Å². The van der Waals surface area contributed by atoms with Crippen LogP contribution in [-0.4, -0.2) is 19.7 Å². The average molecular weight is 254 g/mol. The number of nitro groups is 1. The second kappa shape index (κ2) is 4.68. The van der Waals surface area contributed by atoms with Gasteiger partial charge in [0.15, 0.2) is 0 Å². The van der Waals surface area contributed by atoms with Gasteiger partial charge in [-0.05, 0) is 12.1 Å². The predicted octanol–water partition coefficient (Wildman–Crippen LogP) is 1.17. The SMILES string of the molecule is O=[N+]([O-])c1ccc(-n2cnnc2)cc1.[Cu]. The summed E-state index contributed by atoms with van der Waals surface area (Å²) in [7, 11) is 0. The normalized spacial score (nSPS) is 9.33. The summed E-state index contributed by atoms with van der Waals surface area (Å²) in [4.78, 5) is 9.94. The molecule has 2 aromatic rings. The van der Waals surface area contributed by atoms with Crippen molar-refractivity contribution in [1.82, 2.24) is 14.8 Å². The molecular formula is C8H6CuN4O2. The van der Waals surface area contributed by atoms with Gasteiger partial charge in [0.25, 0.3) is 5.69 Å². The van der Waals surface area contributed by atoms with Gasteiger partial charge in [-0.1, -0.05) is 0 Å². The van der Waals surface area contributed by atoms with Gasteiger partial charge >= 0.3 is 0 Å². The van der Waals surface area contributed by atoms with Gasteiger partial charge in [-0.2, -0.15) is 0 Å². The third-order valence-corrected chi connectivity index (χ3v) is 1.78. The van der Waals surface area contributed by atoms with Crippen molar-refractivity contribution < 1.29 is 22.0 Å². The van der Waals surface area contributed by atoms with Crippen molar-refractivity contribution >= 4 is 5.69 Å². The van der Waals surface area contributed by atoms with E-state index in [0.29, 0.717) is 0 Å². The van der Waals surface area contributed by atoms with E-state index in [1.165, 1.54) is 24.8 Å². The van der Waals surface area contributed by atoms with Crippen molar-refractivity contribution in [1.29, 1.82) is 0 Å². The van der Waals surface area contributed by atoms with Gasteiger partial charge in [0.2, 0.25) is 0 Å². The second-order valence-electron chi connectivity index (χ2n) is 2.64. The zero-order chi connectivity index (χ0) is 9.97. The molecule has 0 aliphatic rings. The summed E-state index contributed by atoms with van der Waals surface area (Å²) in [6.45, 7) is 0. The minimum Gasteiger partial charge on any atom is -0.288 e. The predicted molar refractivity (Wildman–Crippen MR) is 48.0 cm³/mol. The molecule has 0 saturated heterocycles. The van der Waals surface area contributed by atoms with Gasteiger partial charge in [0.05, 0.1) is 4.92 Å². The third kappa shape index (κ3) is 2.39. The number of benzene rings is 1. The molecule has 0 aliphatic carbocycles. The first-order valence-electron chi connectivity index (χ1n) is 3.87. The number of non-ortho nitro benzene ring substituents is 1. The maximum Gasteiger partial charge on any atom is 0.269 e. The number of hydrogen-bond acceptors (Lipinski definition) is 4. The molecule has 0 unspecified atom stereocenters. The molecule has 1 radical (unpaired) electrons. The van der Waals surface area contributed by atoms with E-state index in [-0.39, 0.29) is 22.8 Å². The monoisotopic (exact) mass is 253 g/mol. The Kier molecular flexibility index (Phi) is 3.54. The molecule has 0 amide bonds. The van der Waals surface area contributed by atoms with Crippen LogP contribution in [0.5, 0.6) is 0 Å². The van der Waals surface area contributed by atoms with Crippen molar-refractivity contribution in [2.45, 2.75) is 0 Å². The Morgan fingerprint density at radius 1 is 1.13 bits per heavy atom. The first kappa shape index (κ1) is 11.4. The molecule has 0 bridgehead atoms. The maximum absolute atomic E-state index is 10.4. The largest absolute Gasteiger partial charge is 0.288 e. The van der Waals surface area contributed by atoms with E-state index in [9.17, 15) is 10.1 Å². The molecule has 81 valence electrons. The van der Waals surface area contributed by atoms with Gasteiger partial charge in [-0.25, -0.2) is 0 Å². The van der Waals surface area contributed by atoms with Crippen LogP contribution in [-0.2, 0) is 17.1 Å². The van der Waals surface area contributed by atoms with Crippen molar-refractivity contribution in [2.75, 3.05) is 0 Å². The molecule has 7 heteroatoms. The van der Waals surface area contributed by atoms with E-state index >= 15 is 0 Å². The Balaban J connectivity index is 0.00000112. The van der Waals surface area contributed by atoms with Gasteiger partial charge in [0.1, 0.15) is 12.7 Å².